The summed E-state index contributed by atoms with van der Waals surface area (Å²) >= 11 is 0. The predicted molar refractivity (Wildman–Crippen MR) is 37.1 cm³/mol. The van der Waals surface area contributed by atoms with E-state index in [0.29, 0.717) is 5.57 Å². The summed E-state index contributed by atoms with van der Waals surface area (Å²) in [6.07, 6.45) is 7.87. The van der Waals surface area contributed by atoms with Crippen molar-refractivity contribution in [2.45, 2.75) is 0 Å². The topological polar surface area (TPSA) is 49.3 Å². The Morgan fingerprint density at radius 2 is 2.10 bits per heavy atom. The van der Waals surface area contributed by atoms with Gasteiger partial charge in [-0.1, -0.05) is 0 Å². The van der Waals surface area contributed by atoms with Gasteiger partial charge in [0.25, 0.3) is 0 Å². The highest BCUT2D eigenvalue weighted by Gasteiger charge is 1.93. The van der Waals surface area contributed by atoms with E-state index in [1.165, 1.54) is 0 Å². The van der Waals surface area contributed by atoms with Gasteiger partial charge < -0.3 is 10.4 Å². The second kappa shape index (κ2) is 2.87. The molecule has 1 aliphatic rings. The van der Waals surface area contributed by atoms with E-state index in [4.69, 9.17) is 5.11 Å². The number of carboxylic acids is 1. The van der Waals surface area contributed by atoms with Gasteiger partial charge in [0.05, 0.1) is 0 Å². The lowest BCUT2D eigenvalue weighted by atomic mass is 10.2. The average Bonchev–Trinajstić information content (AvgIpc) is 1.88. The number of nitrogens with one attached hydrogen (secondary N) is 1. The normalized spacial score (nSPS) is 14.6. The van der Waals surface area contributed by atoms with Gasteiger partial charge in [0.15, 0.2) is 0 Å². The fraction of sp³-hybridized carbons (Fsp3) is 0. The molecular formula is C7H7NO2. The lowest BCUT2D eigenvalue weighted by molar-refractivity contribution is -0.131. The van der Waals surface area contributed by atoms with Crippen molar-refractivity contribution in [2.24, 2.45) is 0 Å². The molecule has 0 aromatic rings. The summed E-state index contributed by atoms with van der Waals surface area (Å²) in [5, 5.41) is 11.1. The van der Waals surface area contributed by atoms with Crippen LogP contribution in [0.1, 0.15) is 0 Å². The Hall–Kier alpha value is -1.51. The maximum Gasteiger partial charge on any atom is 0.328 e. The molecule has 0 radical (unpaired) electrons. The number of dihydropyridines is 1. The summed E-state index contributed by atoms with van der Waals surface area (Å²) < 4.78 is 0. The summed E-state index contributed by atoms with van der Waals surface area (Å²) in [5.74, 6) is -0.925. The molecule has 0 saturated heterocycles. The van der Waals surface area contributed by atoms with E-state index in [1.54, 1.807) is 24.6 Å². The Morgan fingerprint density at radius 1 is 1.50 bits per heavy atom. The first kappa shape index (κ1) is 6.61. The van der Waals surface area contributed by atoms with Crippen LogP contribution in [0.2, 0.25) is 0 Å². The van der Waals surface area contributed by atoms with Gasteiger partial charge in [-0.15, -0.1) is 0 Å². The number of allylic oxidation sites excluding steroid dienone is 3. The van der Waals surface area contributed by atoms with Crippen molar-refractivity contribution in [3.8, 4) is 0 Å². The highest BCUT2D eigenvalue weighted by Crippen LogP contribution is 2.00. The number of hydrogen-bond acceptors (Lipinski definition) is 2. The van der Waals surface area contributed by atoms with Crippen molar-refractivity contribution in [3.63, 3.8) is 0 Å². The minimum Gasteiger partial charge on any atom is -0.478 e. The molecular weight excluding hydrogens is 130 g/mol. The second-order valence-corrected chi connectivity index (χ2v) is 1.82. The van der Waals surface area contributed by atoms with E-state index >= 15 is 0 Å². The Morgan fingerprint density at radius 3 is 2.60 bits per heavy atom. The van der Waals surface area contributed by atoms with Crippen molar-refractivity contribution < 1.29 is 9.90 Å². The number of carboxylic acid groups (broad SMARTS) is 1. The summed E-state index contributed by atoms with van der Waals surface area (Å²) in [6, 6.07) is 0. The van der Waals surface area contributed by atoms with E-state index < -0.39 is 5.97 Å². The van der Waals surface area contributed by atoms with Crippen molar-refractivity contribution in [1.29, 1.82) is 0 Å². The fourth-order valence-corrected chi connectivity index (χ4v) is 0.639. The molecule has 0 atom stereocenters. The highest BCUT2D eigenvalue weighted by molar-refractivity contribution is 5.82. The SMILES string of the molecule is O=C(O)C=C1C=CNC=C1. The maximum atomic E-state index is 10.1. The van der Waals surface area contributed by atoms with Crippen LogP contribution in [0.5, 0.6) is 0 Å². The fourth-order valence-electron chi connectivity index (χ4n) is 0.639. The molecule has 0 amide bonds. The number of aliphatic carboxylic acids is 1. The van der Waals surface area contributed by atoms with Gasteiger partial charge in [-0.05, 0) is 17.7 Å². The zero-order valence-electron chi connectivity index (χ0n) is 5.24. The summed E-state index contributed by atoms with van der Waals surface area (Å²) in [5.41, 5.74) is 0.686. The number of hydrogen-bond donors (Lipinski definition) is 2. The first-order valence-electron chi connectivity index (χ1n) is 2.83. The van der Waals surface area contributed by atoms with Gasteiger partial charge in [-0.2, -0.15) is 0 Å². The van der Waals surface area contributed by atoms with Crippen LogP contribution in [0.4, 0.5) is 0 Å². The van der Waals surface area contributed by atoms with Crippen molar-refractivity contribution in [2.75, 3.05) is 0 Å². The first-order valence-corrected chi connectivity index (χ1v) is 2.83. The van der Waals surface area contributed by atoms with Crippen molar-refractivity contribution in [3.05, 3.63) is 36.2 Å². The summed E-state index contributed by atoms with van der Waals surface area (Å²) in [7, 11) is 0. The van der Waals surface area contributed by atoms with E-state index in [0.717, 1.165) is 6.08 Å². The first-order chi connectivity index (χ1) is 4.79. The standard InChI is InChI=1S/C7H7NO2/c9-7(10)5-6-1-3-8-4-2-6/h1-5,8H,(H,9,10). The molecule has 1 heterocycles. The highest BCUT2D eigenvalue weighted by atomic mass is 16.4. The second-order valence-electron chi connectivity index (χ2n) is 1.82. The minimum absolute atomic E-state index is 0.686. The van der Waals surface area contributed by atoms with Crippen LogP contribution in [-0.2, 0) is 4.79 Å². The third kappa shape index (κ3) is 1.78. The van der Waals surface area contributed by atoms with Gasteiger partial charge >= 0.3 is 5.97 Å². The summed E-state index contributed by atoms with van der Waals surface area (Å²) in [6.45, 7) is 0. The lowest BCUT2D eigenvalue weighted by Gasteiger charge is -1.98. The Kier molecular flexibility index (Phi) is 1.89. The predicted octanol–water partition coefficient (Wildman–Crippen LogP) is 0.628. The number of rotatable bonds is 1. The number of carbonyl (C=O) groups is 1. The molecule has 3 heteroatoms. The molecule has 1 aliphatic heterocycles. The zero-order valence-corrected chi connectivity index (χ0v) is 5.24. The van der Waals surface area contributed by atoms with E-state index in [2.05, 4.69) is 5.32 Å². The molecule has 52 valence electrons. The van der Waals surface area contributed by atoms with Crippen LogP contribution < -0.4 is 5.32 Å². The van der Waals surface area contributed by atoms with Crippen molar-refractivity contribution in [1.82, 2.24) is 5.32 Å². The molecule has 3 nitrogen and oxygen atoms in total. The van der Waals surface area contributed by atoms with Crippen LogP contribution in [0, 0.1) is 0 Å². The van der Waals surface area contributed by atoms with E-state index in [9.17, 15) is 4.79 Å². The van der Waals surface area contributed by atoms with Crippen LogP contribution in [0.3, 0.4) is 0 Å². The molecule has 0 aromatic carbocycles. The van der Waals surface area contributed by atoms with Crippen LogP contribution in [0.25, 0.3) is 0 Å². The molecule has 0 fully saturated rings. The van der Waals surface area contributed by atoms with E-state index in [1.807, 2.05) is 0 Å². The van der Waals surface area contributed by atoms with Crippen LogP contribution in [-0.4, -0.2) is 11.1 Å². The van der Waals surface area contributed by atoms with Gasteiger partial charge in [-0.25, -0.2) is 4.79 Å². The Bertz CT molecular complexity index is 212. The molecule has 0 unspecified atom stereocenters. The molecule has 0 saturated carbocycles. The largest absolute Gasteiger partial charge is 0.478 e. The van der Waals surface area contributed by atoms with E-state index in [-0.39, 0.29) is 0 Å². The third-order valence-electron chi connectivity index (χ3n) is 1.03. The van der Waals surface area contributed by atoms with Crippen LogP contribution in [0.15, 0.2) is 36.2 Å². The van der Waals surface area contributed by atoms with Crippen LogP contribution >= 0.6 is 0 Å². The van der Waals surface area contributed by atoms with Crippen molar-refractivity contribution >= 4 is 5.97 Å². The quantitative estimate of drug-likeness (QED) is 0.521. The maximum absolute atomic E-state index is 10.1. The molecule has 2 N–H and O–H groups in total. The zero-order chi connectivity index (χ0) is 7.40. The smallest absolute Gasteiger partial charge is 0.328 e. The lowest BCUT2D eigenvalue weighted by Crippen LogP contribution is -1.98. The molecule has 1 rings (SSSR count). The molecule has 0 aromatic heterocycles. The molecule has 0 aliphatic carbocycles. The Balaban J connectivity index is 2.71. The Labute approximate surface area is 58.4 Å². The van der Waals surface area contributed by atoms with Gasteiger partial charge in [-0.3, -0.25) is 0 Å². The third-order valence-corrected chi connectivity index (χ3v) is 1.03. The van der Waals surface area contributed by atoms with Gasteiger partial charge in [0.1, 0.15) is 0 Å². The molecule has 0 spiro atoms. The monoisotopic (exact) mass is 137 g/mol. The molecule has 10 heavy (non-hydrogen) atoms. The molecule has 0 bridgehead atoms. The summed E-state index contributed by atoms with van der Waals surface area (Å²) in [4.78, 5) is 10.1. The minimum atomic E-state index is -0.925. The van der Waals surface area contributed by atoms with Gasteiger partial charge in [0.2, 0.25) is 0 Å². The van der Waals surface area contributed by atoms with Gasteiger partial charge in [0, 0.05) is 18.5 Å². The average molecular weight is 137 g/mol.